The average Bonchev–Trinajstić information content (AvgIpc) is 3.17. The summed E-state index contributed by atoms with van der Waals surface area (Å²) in [5.74, 6) is 0. The van der Waals surface area contributed by atoms with Gasteiger partial charge in [-0.15, -0.1) is 0 Å². The maximum Gasteiger partial charge on any atom is -0.00262 e. The third kappa shape index (κ3) is 4.96. The van der Waals surface area contributed by atoms with Crippen LogP contribution in [0.5, 0.6) is 0 Å². The summed E-state index contributed by atoms with van der Waals surface area (Å²) >= 11 is 0. The molecule has 0 aliphatic carbocycles. The van der Waals surface area contributed by atoms with Crippen LogP contribution in [0.4, 0.5) is 0 Å². The van der Waals surface area contributed by atoms with Crippen LogP contribution in [0.1, 0.15) is 0 Å². The number of benzene rings is 9. The Balaban J connectivity index is 1.26. The molecule has 0 heteroatoms. The van der Waals surface area contributed by atoms with Gasteiger partial charge in [0.05, 0.1) is 0 Å². The molecule has 9 rings (SSSR count). The first-order chi connectivity index (χ1) is 23.8. The van der Waals surface area contributed by atoms with Crippen molar-refractivity contribution in [2.24, 2.45) is 0 Å². The Morgan fingerprint density at radius 3 is 1.10 bits per heavy atom. The molecule has 9 aromatic carbocycles. The van der Waals surface area contributed by atoms with Gasteiger partial charge in [-0.2, -0.15) is 0 Å². The van der Waals surface area contributed by atoms with E-state index in [1.54, 1.807) is 0 Å². The van der Waals surface area contributed by atoms with E-state index in [1.165, 1.54) is 88.0 Å². The molecule has 0 saturated carbocycles. The predicted octanol–water partition coefficient (Wildman–Crippen LogP) is 13.5. The summed E-state index contributed by atoms with van der Waals surface area (Å²) in [5, 5.41) is 7.58. The lowest BCUT2D eigenvalue weighted by molar-refractivity contribution is 1.56. The molecule has 0 aliphatic rings. The molecule has 224 valence electrons. The highest BCUT2D eigenvalue weighted by Crippen LogP contribution is 2.45. The molecule has 48 heavy (non-hydrogen) atoms. The van der Waals surface area contributed by atoms with Crippen LogP contribution < -0.4 is 0 Å². The molecule has 0 spiro atoms. The van der Waals surface area contributed by atoms with E-state index in [-0.39, 0.29) is 0 Å². The molecule has 0 aromatic heterocycles. The normalized spacial score (nSPS) is 11.3. The summed E-state index contributed by atoms with van der Waals surface area (Å²) in [5.41, 5.74) is 12.3. The first-order valence-electron chi connectivity index (χ1n) is 16.6. The van der Waals surface area contributed by atoms with Gasteiger partial charge in [0.2, 0.25) is 0 Å². The van der Waals surface area contributed by atoms with Gasteiger partial charge in [-0.25, -0.2) is 0 Å². The van der Waals surface area contributed by atoms with E-state index in [0.717, 1.165) is 0 Å². The molecule has 0 heterocycles. The van der Waals surface area contributed by atoms with Crippen LogP contribution in [0.15, 0.2) is 194 Å². The highest BCUT2D eigenvalue weighted by Gasteiger charge is 2.17. The number of rotatable bonds is 5. The third-order valence-electron chi connectivity index (χ3n) is 9.60. The maximum absolute atomic E-state index is 2.38. The monoisotopic (exact) mass is 608 g/mol. The summed E-state index contributed by atoms with van der Waals surface area (Å²) in [6.45, 7) is 0. The molecule has 0 bridgehead atoms. The molecule has 0 saturated heterocycles. The first kappa shape index (κ1) is 28.0. The molecule has 0 nitrogen and oxygen atoms in total. The Hall–Kier alpha value is -6.24. The summed E-state index contributed by atoms with van der Waals surface area (Å²) in [7, 11) is 0. The zero-order valence-corrected chi connectivity index (χ0v) is 26.5. The Morgan fingerprint density at radius 2 is 0.562 bits per heavy atom. The van der Waals surface area contributed by atoms with Gasteiger partial charge in [-0.1, -0.05) is 164 Å². The largest absolute Gasteiger partial charge is 0.0622 e. The summed E-state index contributed by atoms with van der Waals surface area (Å²) in [4.78, 5) is 0. The molecular formula is C48H32. The van der Waals surface area contributed by atoms with E-state index >= 15 is 0 Å². The maximum atomic E-state index is 2.38. The fourth-order valence-corrected chi connectivity index (χ4v) is 7.34. The second-order valence-corrected chi connectivity index (χ2v) is 12.5. The van der Waals surface area contributed by atoms with E-state index in [0.29, 0.717) is 0 Å². The second-order valence-electron chi connectivity index (χ2n) is 12.5. The lowest BCUT2D eigenvalue weighted by atomic mass is 9.85. The third-order valence-corrected chi connectivity index (χ3v) is 9.60. The Morgan fingerprint density at radius 1 is 0.188 bits per heavy atom. The molecule has 0 fully saturated rings. The Labute approximate surface area is 281 Å². The van der Waals surface area contributed by atoms with E-state index in [2.05, 4.69) is 194 Å². The van der Waals surface area contributed by atoms with Gasteiger partial charge in [-0.3, -0.25) is 0 Å². The standard InChI is InChI=1S/C48H32/c1-3-14-33(15-4-1)40-30-41(34-16-5-2-6-17-34)32-42(31-40)37-20-13-21-38(29-37)47-43-22-9-11-24-45(43)48(46-25-12-10-23-44(46)47)39-27-26-35-18-7-8-19-36(35)28-39/h1-32H. The van der Waals surface area contributed by atoms with Crippen molar-refractivity contribution in [1.82, 2.24) is 0 Å². The number of fused-ring (bicyclic) bond motifs is 3. The van der Waals surface area contributed by atoms with Crippen LogP contribution in [-0.2, 0) is 0 Å². The molecule has 0 aliphatic heterocycles. The lowest BCUT2D eigenvalue weighted by Gasteiger charge is -2.18. The topological polar surface area (TPSA) is 0 Å². The van der Waals surface area contributed by atoms with E-state index < -0.39 is 0 Å². The molecule has 0 unspecified atom stereocenters. The summed E-state index contributed by atoms with van der Waals surface area (Å²) in [6.07, 6.45) is 0. The fourth-order valence-electron chi connectivity index (χ4n) is 7.34. The van der Waals surface area contributed by atoms with Gasteiger partial charge in [0.15, 0.2) is 0 Å². The number of hydrogen-bond acceptors (Lipinski definition) is 0. The zero-order chi connectivity index (χ0) is 31.9. The van der Waals surface area contributed by atoms with Gasteiger partial charge in [0.25, 0.3) is 0 Å². The molecule has 0 radical (unpaired) electrons. The van der Waals surface area contributed by atoms with E-state index in [4.69, 9.17) is 0 Å². The minimum Gasteiger partial charge on any atom is -0.0622 e. The molecule has 0 N–H and O–H groups in total. The van der Waals surface area contributed by atoms with E-state index in [1.807, 2.05) is 0 Å². The number of hydrogen-bond donors (Lipinski definition) is 0. The SMILES string of the molecule is c1ccc(-c2cc(-c3ccccc3)cc(-c3cccc(-c4c5ccccc5c(-c5ccc6ccccc6c5)c5ccccc45)c3)c2)cc1. The molecule has 0 atom stereocenters. The van der Waals surface area contributed by atoms with Crippen molar-refractivity contribution in [2.45, 2.75) is 0 Å². The van der Waals surface area contributed by atoms with Crippen molar-refractivity contribution in [3.8, 4) is 55.6 Å². The summed E-state index contributed by atoms with van der Waals surface area (Å²) in [6, 6.07) is 70.8. The smallest absolute Gasteiger partial charge is 0.00262 e. The Kier molecular flexibility index (Phi) is 6.91. The quantitative estimate of drug-likeness (QED) is 0.171. The van der Waals surface area contributed by atoms with Crippen LogP contribution in [0.2, 0.25) is 0 Å². The van der Waals surface area contributed by atoms with Crippen LogP contribution in [0, 0.1) is 0 Å². The molecule has 0 amide bonds. The van der Waals surface area contributed by atoms with Crippen molar-refractivity contribution in [3.63, 3.8) is 0 Å². The molecule has 9 aromatic rings. The van der Waals surface area contributed by atoms with Crippen molar-refractivity contribution in [2.75, 3.05) is 0 Å². The lowest BCUT2D eigenvalue weighted by Crippen LogP contribution is -1.91. The van der Waals surface area contributed by atoms with Gasteiger partial charge in [-0.05, 0) is 118 Å². The highest BCUT2D eigenvalue weighted by atomic mass is 14.2. The van der Waals surface area contributed by atoms with Gasteiger partial charge < -0.3 is 0 Å². The minimum atomic E-state index is 1.20. The van der Waals surface area contributed by atoms with Crippen molar-refractivity contribution in [1.29, 1.82) is 0 Å². The van der Waals surface area contributed by atoms with Crippen LogP contribution in [0.3, 0.4) is 0 Å². The summed E-state index contributed by atoms with van der Waals surface area (Å²) < 4.78 is 0. The fraction of sp³-hybridized carbons (Fsp3) is 0. The van der Waals surface area contributed by atoms with Crippen LogP contribution in [0.25, 0.3) is 88.0 Å². The zero-order valence-electron chi connectivity index (χ0n) is 26.5. The van der Waals surface area contributed by atoms with Crippen LogP contribution >= 0.6 is 0 Å². The Bertz CT molecular complexity index is 2480. The van der Waals surface area contributed by atoms with Crippen LogP contribution in [-0.4, -0.2) is 0 Å². The minimum absolute atomic E-state index is 1.20. The predicted molar refractivity (Wildman–Crippen MR) is 206 cm³/mol. The second kappa shape index (κ2) is 11.8. The van der Waals surface area contributed by atoms with E-state index in [9.17, 15) is 0 Å². The first-order valence-corrected chi connectivity index (χ1v) is 16.6. The van der Waals surface area contributed by atoms with Gasteiger partial charge in [0, 0.05) is 0 Å². The van der Waals surface area contributed by atoms with Crippen molar-refractivity contribution >= 4 is 32.3 Å². The highest BCUT2D eigenvalue weighted by molar-refractivity contribution is 6.21. The molecular weight excluding hydrogens is 577 g/mol. The van der Waals surface area contributed by atoms with Crippen molar-refractivity contribution < 1.29 is 0 Å². The van der Waals surface area contributed by atoms with Crippen molar-refractivity contribution in [3.05, 3.63) is 194 Å². The average molecular weight is 609 g/mol. The van der Waals surface area contributed by atoms with Gasteiger partial charge in [0.1, 0.15) is 0 Å². The van der Waals surface area contributed by atoms with Gasteiger partial charge >= 0.3 is 0 Å².